The van der Waals surface area contributed by atoms with Gasteiger partial charge in [0.2, 0.25) is 0 Å². The maximum Gasteiger partial charge on any atom is 0.346 e. The zero-order valence-electron chi connectivity index (χ0n) is 8.19. The van der Waals surface area contributed by atoms with E-state index in [0.29, 0.717) is 12.2 Å². The van der Waals surface area contributed by atoms with Crippen molar-refractivity contribution >= 4 is 17.9 Å². The minimum atomic E-state index is -0.527. The van der Waals surface area contributed by atoms with Gasteiger partial charge in [-0.2, -0.15) is 0 Å². The SMILES string of the molecule is CCOC(=O)C=Cc1cnc(=O)[nH]c1N. The molecule has 0 aliphatic heterocycles. The molecule has 0 atom stereocenters. The molecule has 0 amide bonds. The van der Waals surface area contributed by atoms with Crippen molar-refractivity contribution in [2.45, 2.75) is 6.92 Å². The van der Waals surface area contributed by atoms with Gasteiger partial charge >= 0.3 is 11.7 Å². The maximum atomic E-state index is 11.0. The highest BCUT2D eigenvalue weighted by Crippen LogP contribution is 2.05. The number of nitrogen functional groups attached to an aromatic ring is 1. The second kappa shape index (κ2) is 4.94. The summed E-state index contributed by atoms with van der Waals surface area (Å²) in [5, 5.41) is 0. The Balaban J connectivity index is 2.81. The molecular formula is C9H11N3O3. The number of aromatic nitrogens is 2. The average Bonchev–Trinajstić information content (AvgIpc) is 2.17. The summed E-state index contributed by atoms with van der Waals surface area (Å²) in [4.78, 5) is 27.4. The van der Waals surface area contributed by atoms with Crippen LogP contribution in [0.5, 0.6) is 0 Å². The third kappa shape index (κ3) is 3.26. The number of nitrogens with two attached hydrogens (primary N) is 1. The second-order valence-electron chi connectivity index (χ2n) is 2.64. The van der Waals surface area contributed by atoms with E-state index in [9.17, 15) is 9.59 Å². The van der Waals surface area contributed by atoms with Crippen molar-refractivity contribution in [2.24, 2.45) is 0 Å². The summed E-state index contributed by atoms with van der Waals surface area (Å²) in [6.45, 7) is 2.02. The third-order valence-corrected chi connectivity index (χ3v) is 1.56. The van der Waals surface area contributed by atoms with E-state index in [4.69, 9.17) is 5.73 Å². The van der Waals surface area contributed by atoms with Gasteiger partial charge in [0.1, 0.15) is 5.82 Å². The van der Waals surface area contributed by atoms with Gasteiger partial charge < -0.3 is 10.5 Å². The van der Waals surface area contributed by atoms with Gasteiger partial charge in [-0.05, 0) is 13.0 Å². The molecule has 0 unspecified atom stereocenters. The smallest absolute Gasteiger partial charge is 0.346 e. The molecule has 0 aliphatic carbocycles. The van der Waals surface area contributed by atoms with Crippen molar-refractivity contribution in [3.8, 4) is 0 Å². The Labute approximate surface area is 85.8 Å². The van der Waals surface area contributed by atoms with Gasteiger partial charge in [0.25, 0.3) is 0 Å². The number of carbonyl (C=O) groups excluding carboxylic acids is 1. The molecule has 0 saturated carbocycles. The monoisotopic (exact) mass is 209 g/mol. The molecule has 0 aliphatic rings. The van der Waals surface area contributed by atoms with Crippen LogP contribution in [-0.4, -0.2) is 22.5 Å². The minimum absolute atomic E-state index is 0.163. The van der Waals surface area contributed by atoms with Crippen molar-refractivity contribution in [2.75, 3.05) is 12.3 Å². The number of carbonyl (C=O) groups is 1. The fourth-order valence-electron chi connectivity index (χ4n) is 0.898. The highest BCUT2D eigenvalue weighted by atomic mass is 16.5. The lowest BCUT2D eigenvalue weighted by Gasteiger charge is -1.97. The number of nitrogens with one attached hydrogen (secondary N) is 1. The molecule has 3 N–H and O–H groups in total. The predicted octanol–water partition coefficient (Wildman–Crippen LogP) is -0.0716. The molecular weight excluding hydrogens is 198 g/mol. The van der Waals surface area contributed by atoms with E-state index in [-0.39, 0.29) is 5.82 Å². The van der Waals surface area contributed by atoms with Gasteiger partial charge in [-0.3, -0.25) is 4.98 Å². The zero-order chi connectivity index (χ0) is 11.3. The van der Waals surface area contributed by atoms with Crippen LogP contribution in [0.1, 0.15) is 12.5 Å². The largest absolute Gasteiger partial charge is 0.463 e. The number of rotatable bonds is 3. The summed E-state index contributed by atoms with van der Waals surface area (Å²) in [5.74, 6) is -0.307. The first-order valence-corrected chi connectivity index (χ1v) is 4.33. The molecule has 0 bridgehead atoms. The molecule has 80 valence electrons. The third-order valence-electron chi connectivity index (χ3n) is 1.56. The van der Waals surface area contributed by atoms with E-state index in [1.165, 1.54) is 18.3 Å². The number of nitrogens with zero attached hydrogens (tertiary/aromatic N) is 1. The van der Waals surface area contributed by atoms with Gasteiger partial charge in [0.15, 0.2) is 0 Å². The first kappa shape index (κ1) is 11.0. The Kier molecular flexibility index (Phi) is 3.61. The molecule has 0 radical (unpaired) electrons. The fraction of sp³-hybridized carbons (Fsp3) is 0.222. The van der Waals surface area contributed by atoms with E-state index < -0.39 is 11.7 Å². The molecule has 6 nitrogen and oxygen atoms in total. The number of esters is 1. The summed E-state index contributed by atoms with van der Waals surface area (Å²) < 4.78 is 4.67. The van der Waals surface area contributed by atoms with E-state index in [1.54, 1.807) is 6.92 Å². The molecule has 6 heteroatoms. The lowest BCUT2D eigenvalue weighted by molar-refractivity contribution is -0.137. The predicted molar refractivity (Wildman–Crippen MR) is 54.9 cm³/mol. The molecule has 0 fully saturated rings. The Morgan fingerprint density at radius 1 is 1.73 bits per heavy atom. The van der Waals surface area contributed by atoms with Gasteiger partial charge in [0.05, 0.1) is 6.61 Å². The summed E-state index contributed by atoms with van der Waals surface area (Å²) in [6.07, 6.45) is 3.93. The molecule has 0 aromatic carbocycles. The Hall–Kier alpha value is -2.11. The van der Waals surface area contributed by atoms with Crippen LogP contribution in [0, 0.1) is 0 Å². The van der Waals surface area contributed by atoms with Crippen molar-refractivity contribution in [1.82, 2.24) is 9.97 Å². The summed E-state index contributed by atoms with van der Waals surface area (Å²) in [7, 11) is 0. The van der Waals surface area contributed by atoms with Crippen molar-refractivity contribution in [3.05, 3.63) is 28.3 Å². The van der Waals surface area contributed by atoms with Crippen LogP contribution in [0.3, 0.4) is 0 Å². The number of anilines is 1. The first-order chi connectivity index (χ1) is 7.13. The number of aromatic amines is 1. The Bertz CT molecular complexity index is 436. The van der Waals surface area contributed by atoms with E-state index in [0.717, 1.165) is 0 Å². The van der Waals surface area contributed by atoms with Crippen LogP contribution in [0.25, 0.3) is 6.08 Å². The Morgan fingerprint density at radius 3 is 3.07 bits per heavy atom. The highest BCUT2D eigenvalue weighted by Gasteiger charge is 1.98. The standard InChI is InChI=1S/C9H11N3O3/c1-2-15-7(13)4-3-6-5-11-9(14)12-8(6)10/h3-5H,2H2,1H3,(H3,10,11,12,14). The topological polar surface area (TPSA) is 98.1 Å². The summed E-state index contributed by atoms with van der Waals surface area (Å²) in [5.41, 5.74) is 5.42. The first-order valence-electron chi connectivity index (χ1n) is 4.33. The van der Waals surface area contributed by atoms with Crippen molar-refractivity contribution in [1.29, 1.82) is 0 Å². The zero-order valence-corrected chi connectivity index (χ0v) is 8.19. The van der Waals surface area contributed by atoms with Crippen LogP contribution in [0.15, 0.2) is 17.1 Å². The number of hydrogen-bond donors (Lipinski definition) is 2. The second-order valence-corrected chi connectivity index (χ2v) is 2.64. The lowest BCUT2D eigenvalue weighted by Crippen LogP contribution is -2.12. The molecule has 1 rings (SSSR count). The highest BCUT2D eigenvalue weighted by molar-refractivity contribution is 5.87. The van der Waals surface area contributed by atoms with E-state index in [2.05, 4.69) is 14.7 Å². The average molecular weight is 209 g/mol. The van der Waals surface area contributed by atoms with Crippen LogP contribution < -0.4 is 11.4 Å². The van der Waals surface area contributed by atoms with Crippen molar-refractivity contribution in [3.63, 3.8) is 0 Å². The molecule has 1 heterocycles. The number of hydrogen-bond acceptors (Lipinski definition) is 5. The van der Waals surface area contributed by atoms with Gasteiger partial charge in [0, 0.05) is 17.8 Å². The lowest BCUT2D eigenvalue weighted by atomic mass is 10.3. The normalized spacial score (nSPS) is 10.5. The quantitative estimate of drug-likeness (QED) is 0.536. The minimum Gasteiger partial charge on any atom is -0.463 e. The fourth-order valence-corrected chi connectivity index (χ4v) is 0.898. The van der Waals surface area contributed by atoms with Crippen LogP contribution in [-0.2, 0) is 9.53 Å². The summed E-state index contributed by atoms with van der Waals surface area (Å²) in [6, 6.07) is 0. The molecule has 0 spiro atoms. The maximum absolute atomic E-state index is 11.0. The molecule has 0 saturated heterocycles. The molecule has 1 aromatic rings. The number of ether oxygens (including phenoxy) is 1. The molecule has 15 heavy (non-hydrogen) atoms. The van der Waals surface area contributed by atoms with Gasteiger partial charge in [-0.1, -0.05) is 0 Å². The van der Waals surface area contributed by atoms with E-state index >= 15 is 0 Å². The summed E-state index contributed by atoms with van der Waals surface area (Å²) >= 11 is 0. The van der Waals surface area contributed by atoms with Gasteiger partial charge in [-0.25, -0.2) is 14.6 Å². The van der Waals surface area contributed by atoms with Crippen LogP contribution in [0.4, 0.5) is 5.82 Å². The van der Waals surface area contributed by atoms with E-state index in [1.807, 2.05) is 0 Å². The number of H-pyrrole nitrogens is 1. The van der Waals surface area contributed by atoms with Crippen LogP contribution >= 0.6 is 0 Å². The molecule has 1 aromatic heterocycles. The van der Waals surface area contributed by atoms with Gasteiger partial charge in [-0.15, -0.1) is 0 Å². The van der Waals surface area contributed by atoms with Crippen molar-refractivity contribution < 1.29 is 9.53 Å². The Morgan fingerprint density at radius 2 is 2.47 bits per heavy atom. The van der Waals surface area contributed by atoms with Crippen LogP contribution in [0.2, 0.25) is 0 Å².